The van der Waals surface area contributed by atoms with E-state index in [2.05, 4.69) is 0 Å². The summed E-state index contributed by atoms with van der Waals surface area (Å²) < 4.78 is 14.9. The summed E-state index contributed by atoms with van der Waals surface area (Å²) in [6.07, 6.45) is -5.10. The lowest BCUT2D eigenvalue weighted by Gasteiger charge is -2.38. The minimum Gasteiger partial charge on any atom is -0.504 e. The van der Waals surface area contributed by atoms with Gasteiger partial charge in [-0.15, -0.1) is 0 Å². The molecule has 0 spiro atoms. The molecule has 1 aliphatic rings. The van der Waals surface area contributed by atoms with Gasteiger partial charge in [-0.1, -0.05) is 6.07 Å². The van der Waals surface area contributed by atoms with Crippen LogP contribution in [0.1, 0.15) is 5.56 Å². The van der Waals surface area contributed by atoms with Crippen LogP contribution in [0, 0.1) is 0 Å². The maximum absolute atomic E-state index is 11.8. The summed E-state index contributed by atoms with van der Waals surface area (Å²) in [4.78, 5) is 11.8. The average molecular weight is 356 g/mol. The molecule has 0 saturated carbocycles. The minimum atomic E-state index is -1.66. The summed E-state index contributed by atoms with van der Waals surface area (Å²) >= 11 is 0. The van der Waals surface area contributed by atoms with Gasteiger partial charge in [0.2, 0.25) is 6.29 Å². The highest BCUT2D eigenvalue weighted by Gasteiger charge is 2.45. The second kappa shape index (κ2) is 8.28. The third kappa shape index (κ3) is 4.47. The minimum absolute atomic E-state index is 0.0523. The zero-order chi connectivity index (χ0) is 18.6. The number of ether oxygens (including phenoxy) is 3. The van der Waals surface area contributed by atoms with E-state index in [1.165, 1.54) is 31.4 Å². The van der Waals surface area contributed by atoms with Crippen molar-refractivity contribution < 1.29 is 44.5 Å². The van der Waals surface area contributed by atoms with Crippen molar-refractivity contribution in [3.05, 3.63) is 29.8 Å². The summed E-state index contributed by atoms with van der Waals surface area (Å²) in [5, 5.41) is 47.7. The zero-order valence-electron chi connectivity index (χ0n) is 13.3. The van der Waals surface area contributed by atoms with Crippen LogP contribution < -0.4 is 4.74 Å². The summed E-state index contributed by atoms with van der Waals surface area (Å²) in [6, 6.07) is 4.42. The Kier molecular flexibility index (Phi) is 6.34. The Balaban J connectivity index is 2.01. The first-order valence-corrected chi connectivity index (χ1v) is 7.43. The quantitative estimate of drug-likeness (QED) is 0.323. The molecule has 25 heavy (non-hydrogen) atoms. The molecule has 138 valence electrons. The van der Waals surface area contributed by atoms with Crippen LogP contribution in [0.5, 0.6) is 11.5 Å². The van der Waals surface area contributed by atoms with Gasteiger partial charge in [0, 0.05) is 6.08 Å². The summed E-state index contributed by atoms with van der Waals surface area (Å²) in [6.45, 7) is -0.623. The van der Waals surface area contributed by atoms with Crippen molar-refractivity contribution in [1.82, 2.24) is 0 Å². The molecule has 1 fully saturated rings. The fourth-order valence-corrected chi connectivity index (χ4v) is 2.28. The first-order valence-electron chi connectivity index (χ1n) is 7.43. The number of aromatic hydroxyl groups is 1. The lowest BCUT2D eigenvalue weighted by Crippen LogP contribution is -2.59. The van der Waals surface area contributed by atoms with Gasteiger partial charge in [0.15, 0.2) is 11.5 Å². The molecule has 9 nitrogen and oxygen atoms in total. The molecule has 1 aromatic rings. The lowest BCUT2D eigenvalue weighted by atomic mass is 9.99. The first kappa shape index (κ1) is 19.2. The molecule has 0 unspecified atom stereocenters. The van der Waals surface area contributed by atoms with E-state index in [1.54, 1.807) is 0 Å². The molecule has 1 saturated heterocycles. The molecular formula is C16H20O9. The fourth-order valence-electron chi connectivity index (χ4n) is 2.28. The van der Waals surface area contributed by atoms with Gasteiger partial charge in [-0.2, -0.15) is 0 Å². The fraction of sp³-hybridized carbons (Fsp3) is 0.438. The Morgan fingerprint density at radius 3 is 2.60 bits per heavy atom. The van der Waals surface area contributed by atoms with Crippen LogP contribution in [-0.4, -0.2) is 75.9 Å². The third-order valence-electron chi connectivity index (χ3n) is 3.70. The van der Waals surface area contributed by atoms with E-state index in [-0.39, 0.29) is 11.5 Å². The first-order chi connectivity index (χ1) is 11.9. The van der Waals surface area contributed by atoms with Crippen molar-refractivity contribution in [3.8, 4) is 11.5 Å². The van der Waals surface area contributed by atoms with Crippen molar-refractivity contribution in [3.63, 3.8) is 0 Å². The van der Waals surface area contributed by atoms with Crippen molar-refractivity contribution in [1.29, 1.82) is 0 Å². The summed E-state index contributed by atoms with van der Waals surface area (Å²) in [7, 11) is 1.38. The van der Waals surface area contributed by atoms with E-state index in [0.29, 0.717) is 5.56 Å². The summed E-state index contributed by atoms with van der Waals surface area (Å²) in [5.41, 5.74) is 0.542. The van der Waals surface area contributed by atoms with Crippen LogP contribution in [-0.2, 0) is 14.3 Å². The topological polar surface area (TPSA) is 146 Å². The molecule has 0 bridgehead atoms. The van der Waals surface area contributed by atoms with E-state index >= 15 is 0 Å². The van der Waals surface area contributed by atoms with E-state index in [0.717, 1.165) is 6.08 Å². The number of rotatable bonds is 5. The highest BCUT2D eigenvalue weighted by atomic mass is 16.7. The third-order valence-corrected chi connectivity index (χ3v) is 3.70. The van der Waals surface area contributed by atoms with Gasteiger partial charge in [0.1, 0.15) is 24.4 Å². The van der Waals surface area contributed by atoms with Gasteiger partial charge in [-0.05, 0) is 23.8 Å². The van der Waals surface area contributed by atoms with E-state index < -0.39 is 43.3 Å². The normalized spacial score (nSPS) is 29.6. The standard InChI is InChI=1S/C16H20O9/c1-23-10-6-8(2-4-9(10)18)3-5-12(19)25-16-15(22)14(21)13(20)11(7-17)24-16/h2-6,11,13-18,20-22H,7H2,1H3/b5-3-/t11-,13-,14+,15-,16+/m1/s1. The van der Waals surface area contributed by atoms with E-state index in [9.17, 15) is 25.2 Å². The Bertz CT molecular complexity index is 628. The van der Waals surface area contributed by atoms with Gasteiger partial charge in [-0.3, -0.25) is 0 Å². The molecular weight excluding hydrogens is 336 g/mol. The Hall–Kier alpha value is -2.17. The number of phenols is 1. The highest BCUT2D eigenvalue weighted by molar-refractivity contribution is 5.87. The molecule has 0 aliphatic carbocycles. The SMILES string of the molecule is COc1cc(/C=C\C(=O)O[C@@H]2O[C@H](CO)[C@@H](O)[C@H](O)[C@H]2O)ccc1O. The number of hydrogen-bond donors (Lipinski definition) is 5. The number of aliphatic hydroxyl groups is 4. The number of carbonyl (C=O) groups is 1. The van der Waals surface area contributed by atoms with Gasteiger partial charge in [0.25, 0.3) is 0 Å². The van der Waals surface area contributed by atoms with Crippen LogP contribution in [0.2, 0.25) is 0 Å². The predicted octanol–water partition coefficient (Wildman–Crippen LogP) is -1.24. The van der Waals surface area contributed by atoms with Gasteiger partial charge >= 0.3 is 5.97 Å². The predicted molar refractivity (Wildman–Crippen MR) is 83.6 cm³/mol. The van der Waals surface area contributed by atoms with Gasteiger partial charge < -0.3 is 39.7 Å². The van der Waals surface area contributed by atoms with Crippen molar-refractivity contribution in [2.45, 2.75) is 30.7 Å². The van der Waals surface area contributed by atoms with Crippen molar-refractivity contribution in [2.75, 3.05) is 13.7 Å². The zero-order valence-corrected chi connectivity index (χ0v) is 13.3. The Morgan fingerprint density at radius 2 is 1.96 bits per heavy atom. The molecule has 0 amide bonds. The molecule has 0 radical (unpaired) electrons. The summed E-state index contributed by atoms with van der Waals surface area (Å²) in [5.74, 6) is -0.704. The largest absolute Gasteiger partial charge is 0.504 e. The average Bonchev–Trinajstić information content (AvgIpc) is 2.61. The maximum Gasteiger partial charge on any atom is 0.333 e. The number of aliphatic hydroxyl groups excluding tert-OH is 4. The van der Waals surface area contributed by atoms with Crippen LogP contribution in [0.3, 0.4) is 0 Å². The smallest absolute Gasteiger partial charge is 0.333 e. The number of benzene rings is 1. The molecule has 1 aromatic carbocycles. The number of phenolic OH excluding ortho intramolecular Hbond substituents is 1. The maximum atomic E-state index is 11.8. The number of methoxy groups -OCH3 is 1. The molecule has 5 N–H and O–H groups in total. The monoisotopic (exact) mass is 356 g/mol. The van der Waals surface area contributed by atoms with Gasteiger partial charge in [-0.25, -0.2) is 4.79 Å². The van der Waals surface area contributed by atoms with Crippen molar-refractivity contribution in [2.24, 2.45) is 0 Å². The van der Waals surface area contributed by atoms with Gasteiger partial charge in [0.05, 0.1) is 13.7 Å². The van der Waals surface area contributed by atoms with Crippen LogP contribution in [0.4, 0.5) is 0 Å². The molecule has 2 rings (SSSR count). The highest BCUT2D eigenvalue weighted by Crippen LogP contribution is 2.27. The molecule has 1 heterocycles. The number of esters is 1. The van der Waals surface area contributed by atoms with Crippen molar-refractivity contribution >= 4 is 12.0 Å². The van der Waals surface area contributed by atoms with Crippen LogP contribution in [0.25, 0.3) is 6.08 Å². The van der Waals surface area contributed by atoms with E-state index in [4.69, 9.17) is 19.3 Å². The van der Waals surface area contributed by atoms with Crippen LogP contribution in [0.15, 0.2) is 24.3 Å². The Labute approximate surface area is 143 Å². The lowest BCUT2D eigenvalue weighted by molar-refractivity contribution is -0.291. The van der Waals surface area contributed by atoms with Crippen LogP contribution >= 0.6 is 0 Å². The molecule has 1 aliphatic heterocycles. The molecule has 5 atom stereocenters. The molecule has 9 heteroatoms. The second-order valence-corrected chi connectivity index (χ2v) is 5.40. The number of carbonyl (C=O) groups excluding carboxylic acids is 1. The van der Waals surface area contributed by atoms with E-state index in [1.807, 2.05) is 0 Å². The number of hydrogen-bond acceptors (Lipinski definition) is 9. The molecule has 0 aromatic heterocycles. The Morgan fingerprint density at radius 1 is 1.24 bits per heavy atom. The second-order valence-electron chi connectivity index (χ2n) is 5.40.